The monoisotopic (exact) mass is 473 g/mol. The molecule has 0 saturated carbocycles. The fourth-order valence-corrected chi connectivity index (χ4v) is 3.91. The Morgan fingerprint density at radius 3 is 2.82 bits per heavy atom. The molecule has 2 aromatic carbocycles. The average Bonchev–Trinajstić information content (AvgIpc) is 3.20. The zero-order valence-corrected chi connectivity index (χ0v) is 18.8. The van der Waals surface area contributed by atoms with Gasteiger partial charge in [0.15, 0.2) is 5.83 Å². The van der Waals surface area contributed by atoms with Crippen LogP contribution in [0.4, 0.5) is 26.0 Å². The molecule has 2 N–H and O–H groups in total. The Balaban J connectivity index is 1.65. The zero-order chi connectivity index (χ0) is 23.5. The summed E-state index contributed by atoms with van der Waals surface area (Å²) < 4.78 is 33.4. The summed E-state index contributed by atoms with van der Waals surface area (Å²) in [7, 11) is 3.34. The van der Waals surface area contributed by atoms with E-state index in [1.807, 2.05) is 11.9 Å². The number of benzene rings is 2. The summed E-state index contributed by atoms with van der Waals surface area (Å²) >= 11 is 5.86. The SMILES string of the molecule is COc1cc2ncnc(Nc3ccc(F)c(Cl)c3)c2cc1NC(=O)/C(F)=C/C1CCCN1C. The van der Waals surface area contributed by atoms with E-state index in [2.05, 4.69) is 20.6 Å². The molecule has 10 heteroatoms. The quantitative estimate of drug-likeness (QED) is 0.487. The third kappa shape index (κ3) is 5.04. The third-order valence-electron chi connectivity index (χ3n) is 5.52. The largest absolute Gasteiger partial charge is 0.494 e. The molecule has 0 spiro atoms. The van der Waals surface area contributed by atoms with Crippen LogP contribution >= 0.6 is 11.6 Å². The van der Waals surface area contributed by atoms with Crippen LogP contribution in [0, 0.1) is 5.82 Å². The Kier molecular flexibility index (Phi) is 6.71. The number of amides is 1. The fourth-order valence-electron chi connectivity index (χ4n) is 3.73. The molecule has 172 valence electrons. The first kappa shape index (κ1) is 22.9. The number of anilines is 3. The number of likely N-dealkylation sites (N-methyl/N-ethyl adjacent to an activating group) is 1. The molecule has 0 bridgehead atoms. The number of nitrogens with zero attached hydrogens (tertiary/aromatic N) is 3. The fraction of sp³-hybridized carbons (Fsp3) is 0.261. The zero-order valence-electron chi connectivity index (χ0n) is 18.0. The summed E-state index contributed by atoms with van der Waals surface area (Å²) in [6.45, 7) is 0.865. The molecule has 1 fully saturated rings. The Morgan fingerprint density at radius 1 is 1.30 bits per heavy atom. The standard InChI is InChI=1S/C23H22ClF2N5O2/c1-31-7-3-4-14(31)9-18(26)23(32)30-20-10-15-19(11-21(20)33-2)27-12-28-22(15)29-13-5-6-17(25)16(24)8-13/h5-6,8-12,14H,3-4,7H2,1-2H3,(H,30,32)(H,27,28,29)/b18-9-. The van der Waals surface area contributed by atoms with Crippen molar-refractivity contribution >= 4 is 45.6 Å². The van der Waals surface area contributed by atoms with Crippen LogP contribution in [0.15, 0.2) is 48.6 Å². The van der Waals surface area contributed by atoms with Gasteiger partial charge >= 0.3 is 0 Å². The second kappa shape index (κ2) is 9.68. The maximum Gasteiger partial charge on any atom is 0.284 e. The van der Waals surface area contributed by atoms with Gasteiger partial charge in [0, 0.05) is 23.2 Å². The lowest BCUT2D eigenvalue weighted by Crippen LogP contribution is -2.24. The van der Waals surface area contributed by atoms with E-state index < -0.39 is 17.6 Å². The maximum atomic E-state index is 14.6. The van der Waals surface area contributed by atoms with Gasteiger partial charge in [-0.15, -0.1) is 0 Å². The van der Waals surface area contributed by atoms with Crippen LogP contribution in [-0.2, 0) is 4.79 Å². The van der Waals surface area contributed by atoms with Crippen LogP contribution in [0.25, 0.3) is 10.9 Å². The summed E-state index contributed by atoms with van der Waals surface area (Å²) in [6, 6.07) is 7.27. The maximum absolute atomic E-state index is 14.6. The lowest BCUT2D eigenvalue weighted by atomic mass is 10.1. The highest BCUT2D eigenvalue weighted by Gasteiger charge is 2.22. The molecule has 0 aliphatic carbocycles. The van der Waals surface area contributed by atoms with E-state index in [1.165, 1.54) is 37.7 Å². The van der Waals surface area contributed by atoms with Gasteiger partial charge in [-0.2, -0.15) is 0 Å². The summed E-state index contributed by atoms with van der Waals surface area (Å²) in [4.78, 5) is 23.0. The number of carbonyl (C=O) groups excluding carboxylic acids is 1. The number of hydrogen-bond donors (Lipinski definition) is 2. The first-order chi connectivity index (χ1) is 15.9. The molecule has 33 heavy (non-hydrogen) atoms. The third-order valence-corrected chi connectivity index (χ3v) is 5.81. The van der Waals surface area contributed by atoms with Crippen LogP contribution < -0.4 is 15.4 Å². The van der Waals surface area contributed by atoms with Crippen LogP contribution in [0.3, 0.4) is 0 Å². The van der Waals surface area contributed by atoms with Crippen LogP contribution in [0.5, 0.6) is 5.75 Å². The van der Waals surface area contributed by atoms with Crippen LogP contribution in [0.2, 0.25) is 5.02 Å². The lowest BCUT2D eigenvalue weighted by Gasteiger charge is -2.16. The lowest BCUT2D eigenvalue weighted by molar-refractivity contribution is -0.114. The summed E-state index contributed by atoms with van der Waals surface area (Å²) in [5.41, 5.74) is 1.30. The topological polar surface area (TPSA) is 79.4 Å². The number of aromatic nitrogens is 2. The van der Waals surface area contributed by atoms with Crippen molar-refractivity contribution in [2.75, 3.05) is 31.3 Å². The van der Waals surface area contributed by atoms with Crippen molar-refractivity contribution in [2.24, 2.45) is 0 Å². The average molecular weight is 474 g/mol. The molecule has 1 aromatic heterocycles. The molecule has 1 amide bonds. The molecular weight excluding hydrogens is 452 g/mol. The number of ether oxygens (including phenoxy) is 1. The van der Waals surface area contributed by atoms with E-state index in [1.54, 1.807) is 12.1 Å². The Bertz CT molecular complexity index is 1240. The molecule has 3 aromatic rings. The van der Waals surface area contributed by atoms with Gasteiger partial charge in [0.25, 0.3) is 5.91 Å². The summed E-state index contributed by atoms with van der Waals surface area (Å²) in [5, 5.41) is 6.13. The first-order valence-electron chi connectivity index (χ1n) is 10.3. The van der Waals surface area contributed by atoms with Gasteiger partial charge in [0.05, 0.1) is 23.3 Å². The van der Waals surface area contributed by atoms with Gasteiger partial charge in [-0.25, -0.2) is 18.7 Å². The van der Waals surface area contributed by atoms with E-state index in [9.17, 15) is 13.6 Å². The molecule has 1 aliphatic rings. The van der Waals surface area contributed by atoms with E-state index >= 15 is 0 Å². The number of halogens is 3. The van der Waals surface area contributed by atoms with Crippen molar-refractivity contribution in [3.63, 3.8) is 0 Å². The van der Waals surface area contributed by atoms with Gasteiger partial charge in [-0.05, 0) is 56.8 Å². The predicted octanol–water partition coefficient (Wildman–Crippen LogP) is 5.06. The smallest absolute Gasteiger partial charge is 0.284 e. The van der Waals surface area contributed by atoms with E-state index in [-0.39, 0.29) is 16.8 Å². The second-order valence-corrected chi connectivity index (χ2v) is 8.11. The molecule has 1 unspecified atom stereocenters. The predicted molar refractivity (Wildman–Crippen MR) is 124 cm³/mol. The van der Waals surface area contributed by atoms with Crippen LogP contribution in [-0.4, -0.2) is 47.5 Å². The number of fused-ring (bicyclic) bond motifs is 1. The summed E-state index contributed by atoms with van der Waals surface area (Å²) in [6.07, 6.45) is 4.45. The Labute approximate surface area is 194 Å². The Hall–Kier alpha value is -3.30. The highest BCUT2D eigenvalue weighted by molar-refractivity contribution is 6.31. The number of methoxy groups -OCH3 is 1. The molecule has 7 nitrogen and oxygen atoms in total. The minimum Gasteiger partial charge on any atom is -0.494 e. The number of nitrogens with one attached hydrogen (secondary N) is 2. The molecule has 2 heterocycles. The molecule has 4 rings (SSSR count). The van der Waals surface area contributed by atoms with Crippen LogP contribution in [0.1, 0.15) is 12.8 Å². The van der Waals surface area contributed by atoms with Gasteiger partial charge < -0.3 is 15.4 Å². The van der Waals surface area contributed by atoms with Gasteiger partial charge in [-0.3, -0.25) is 9.69 Å². The molecule has 1 atom stereocenters. The number of likely N-dealkylation sites (tertiary alicyclic amines) is 1. The van der Waals surface area contributed by atoms with E-state index in [0.717, 1.165) is 19.4 Å². The molecule has 0 radical (unpaired) electrons. The number of carbonyl (C=O) groups is 1. The van der Waals surface area contributed by atoms with E-state index in [4.69, 9.17) is 16.3 Å². The second-order valence-electron chi connectivity index (χ2n) is 7.70. The van der Waals surface area contributed by atoms with E-state index in [0.29, 0.717) is 28.2 Å². The molecular formula is C23H22ClF2N5O2. The van der Waals surface area contributed by atoms with Gasteiger partial charge in [-0.1, -0.05) is 11.6 Å². The van der Waals surface area contributed by atoms with Crippen molar-refractivity contribution in [2.45, 2.75) is 18.9 Å². The van der Waals surface area contributed by atoms with Crippen molar-refractivity contribution in [3.8, 4) is 5.75 Å². The minimum atomic E-state index is -0.871. The van der Waals surface area contributed by atoms with Crippen molar-refractivity contribution in [3.05, 3.63) is 59.4 Å². The summed E-state index contributed by atoms with van der Waals surface area (Å²) in [5.74, 6) is -1.56. The van der Waals surface area contributed by atoms with Gasteiger partial charge in [0.1, 0.15) is 23.7 Å². The normalized spacial score (nSPS) is 16.8. The number of hydrogen-bond acceptors (Lipinski definition) is 6. The first-order valence-corrected chi connectivity index (χ1v) is 10.7. The van der Waals surface area contributed by atoms with Crippen molar-refractivity contribution < 1.29 is 18.3 Å². The molecule has 1 saturated heterocycles. The van der Waals surface area contributed by atoms with Crippen molar-refractivity contribution in [1.82, 2.24) is 14.9 Å². The Morgan fingerprint density at radius 2 is 2.12 bits per heavy atom. The van der Waals surface area contributed by atoms with Gasteiger partial charge in [0.2, 0.25) is 0 Å². The van der Waals surface area contributed by atoms with Crippen molar-refractivity contribution in [1.29, 1.82) is 0 Å². The highest BCUT2D eigenvalue weighted by Crippen LogP contribution is 2.34. The highest BCUT2D eigenvalue weighted by atomic mass is 35.5. The minimum absolute atomic E-state index is 0.0387. The molecule has 1 aliphatic heterocycles. The number of rotatable bonds is 6.